The van der Waals surface area contributed by atoms with Crippen LogP contribution in [0.3, 0.4) is 0 Å². The van der Waals surface area contributed by atoms with Crippen molar-refractivity contribution in [3.05, 3.63) is 21.4 Å². The number of nitrogens with zero attached hydrogens (tertiary/aromatic N) is 1. The number of hydrogen-bond acceptors (Lipinski definition) is 2. The lowest BCUT2D eigenvalue weighted by Gasteiger charge is -2.11. The third-order valence-corrected chi connectivity index (χ3v) is 2.49. The molecule has 0 atom stereocenters. The van der Waals surface area contributed by atoms with Crippen molar-refractivity contribution in [3.63, 3.8) is 0 Å². The van der Waals surface area contributed by atoms with E-state index in [-0.39, 0.29) is 9.45 Å². The predicted octanol–water partition coefficient (Wildman–Crippen LogP) is 3.10. The number of pyridine rings is 1. The molecular weight excluding hydrogens is 310 g/mol. The molecular formula is C8H7F3INO. The molecule has 14 heavy (non-hydrogen) atoms. The van der Waals surface area contributed by atoms with Gasteiger partial charge >= 0.3 is 6.18 Å². The van der Waals surface area contributed by atoms with E-state index in [4.69, 9.17) is 4.74 Å². The molecule has 1 aromatic heterocycles. The molecule has 78 valence electrons. The third-order valence-electron chi connectivity index (χ3n) is 1.44. The summed E-state index contributed by atoms with van der Waals surface area (Å²) >= 11 is 1.58. The summed E-state index contributed by atoms with van der Waals surface area (Å²) in [7, 11) is 0. The van der Waals surface area contributed by atoms with Gasteiger partial charge in [0.25, 0.3) is 0 Å². The first-order chi connectivity index (χ1) is 6.46. The van der Waals surface area contributed by atoms with Gasteiger partial charge in [0.05, 0.1) is 15.7 Å². The fourth-order valence-corrected chi connectivity index (χ4v) is 1.66. The number of rotatable bonds is 2. The Morgan fingerprint density at radius 3 is 2.64 bits per heavy atom. The van der Waals surface area contributed by atoms with Crippen molar-refractivity contribution in [1.82, 2.24) is 4.98 Å². The Hall–Kier alpha value is -0.530. The number of aromatic nitrogens is 1. The van der Waals surface area contributed by atoms with E-state index in [2.05, 4.69) is 4.98 Å². The van der Waals surface area contributed by atoms with E-state index in [1.54, 1.807) is 29.5 Å². The Labute approximate surface area is 92.6 Å². The topological polar surface area (TPSA) is 22.1 Å². The summed E-state index contributed by atoms with van der Waals surface area (Å²) in [6.07, 6.45) is -3.26. The molecule has 1 aromatic rings. The van der Waals surface area contributed by atoms with Crippen LogP contribution in [0, 0.1) is 3.57 Å². The lowest BCUT2D eigenvalue weighted by atomic mass is 10.2. The molecule has 0 unspecified atom stereocenters. The van der Waals surface area contributed by atoms with E-state index < -0.39 is 11.7 Å². The van der Waals surface area contributed by atoms with Crippen LogP contribution in [0.4, 0.5) is 13.2 Å². The monoisotopic (exact) mass is 317 g/mol. The maximum atomic E-state index is 12.4. The van der Waals surface area contributed by atoms with Crippen LogP contribution in [0.15, 0.2) is 12.3 Å². The van der Waals surface area contributed by atoms with Gasteiger partial charge in [-0.25, -0.2) is 4.98 Å². The van der Waals surface area contributed by atoms with E-state index in [1.165, 1.54) is 0 Å². The quantitative estimate of drug-likeness (QED) is 0.782. The van der Waals surface area contributed by atoms with Crippen molar-refractivity contribution in [1.29, 1.82) is 0 Å². The Bertz CT molecular complexity index is 327. The number of alkyl halides is 3. The molecule has 0 aliphatic rings. The molecule has 0 bridgehead atoms. The predicted molar refractivity (Wildman–Crippen MR) is 53.1 cm³/mol. The SMILES string of the molecule is CCOc1nccc(C(F)(F)F)c1I. The van der Waals surface area contributed by atoms with Crippen molar-refractivity contribution < 1.29 is 17.9 Å². The molecule has 0 N–H and O–H groups in total. The largest absolute Gasteiger partial charge is 0.477 e. The molecule has 0 fully saturated rings. The van der Waals surface area contributed by atoms with Gasteiger partial charge in [0.1, 0.15) is 0 Å². The summed E-state index contributed by atoms with van der Waals surface area (Å²) in [5, 5.41) is 0. The van der Waals surface area contributed by atoms with Crippen molar-refractivity contribution in [3.8, 4) is 5.88 Å². The first kappa shape index (κ1) is 11.5. The van der Waals surface area contributed by atoms with Crippen LogP contribution < -0.4 is 4.74 Å². The van der Waals surface area contributed by atoms with Crippen molar-refractivity contribution in [2.45, 2.75) is 13.1 Å². The fourth-order valence-electron chi connectivity index (χ4n) is 0.881. The van der Waals surface area contributed by atoms with E-state index in [0.29, 0.717) is 6.61 Å². The molecule has 1 rings (SSSR count). The highest BCUT2D eigenvalue weighted by molar-refractivity contribution is 14.1. The second-order valence-electron chi connectivity index (χ2n) is 2.41. The average molecular weight is 317 g/mol. The van der Waals surface area contributed by atoms with Crippen LogP contribution in [0.1, 0.15) is 12.5 Å². The minimum Gasteiger partial charge on any atom is -0.477 e. The van der Waals surface area contributed by atoms with Crippen molar-refractivity contribution >= 4 is 22.6 Å². The standard InChI is InChI=1S/C8H7F3INO/c1-2-14-7-6(12)5(3-4-13-7)8(9,10)11/h3-4H,2H2,1H3. The van der Waals surface area contributed by atoms with Gasteiger partial charge in [0.15, 0.2) is 0 Å². The highest BCUT2D eigenvalue weighted by Gasteiger charge is 2.34. The summed E-state index contributed by atoms with van der Waals surface area (Å²) in [5.41, 5.74) is -0.712. The highest BCUT2D eigenvalue weighted by atomic mass is 127. The van der Waals surface area contributed by atoms with Gasteiger partial charge in [-0.1, -0.05) is 0 Å². The summed E-state index contributed by atoms with van der Waals surface area (Å²) in [4.78, 5) is 3.71. The zero-order chi connectivity index (χ0) is 10.8. The lowest BCUT2D eigenvalue weighted by molar-refractivity contribution is -0.138. The molecule has 0 saturated carbocycles. The lowest BCUT2D eigenvalue weighted by Crippen LogP contribution is -2.09. The molecule has 0 amide bonds. The van der Waals surface area contributed by atoms with Crippen LogP contribution in [-0.4, -0.2) is 11.6 Å². The van der Waals surface area contributed by atoms with Crippen LogP contribution >= 0.6 is 22.6 Å². The zero-order valence-corrected chi connectivity index (χ0v) is 9.39. The maximum Gasteiger partial charge on any atom is 0.417 e. The Kier molecular flexibility index (Phi) is 3.57. The summed E-state index contributed by atoms with van der Waals surface area (Å²) in [5.74, 6) is 0.0305. The molecule has 2 nitrogen and oxygen atoms in total. The maximum absolute atomic E-state index is 12.4. The van der Waals surface area contributed by atoms with Gasteiger partial charge in [-0.2, -0.15) is 13.2 Å². The Morgan fingerprint density at radius 2 is 2.14 bits per heavy atom. The van der Waals surface area contributed by atoms with Crippen LogP contribution in [0.2, 0.25) is 0 Å². The van der Waals surface area contributed by atoms with Crippen LogP contribution in [-0.2, 0) is 6.18 Å². The average Bonchev–Trinajstić information content (AvgIpc) is 2.07. The third kappa shape index (κ3) is 2.49. The smallest absolute Gasteiger partial charge is 0.417 e. The normalized spacial score (nSPS) is 11.5. The van der Waals surface area contributed by atoms with Crippen LogP contribution in [0.25, 0.3) is 0 Å². The van der Waals surface area contributed by atoms with Gasteiger partial charge < -0.3 is 4.74 Å². The van der Waals surface area contributed by atoms with E-state index >= 15 is 0 Å². The molecule has 0 saturated heterocycles. The molecule has 0 radical (unpaired) electrons. The number of ether oxygens (including phenoxy) is 1. The summed E-state index contributed by atoms with van der Waals surface area (Å²) in [6, 6.07) is 0.935. The minimum absolute atomic E-state index is 0.000509. The van der Waals surface area contributed by atoms with Crippen LogP contribution in [0.5, 0.6) is 5.88 Å². The fraction of sp³-hybridized carbons (Fsp3) is 0.375. The van der Waals surface area contributed by atoms with E-state index in [1.807, 2.05) is 0 Å². The number of halogens is 4. The van der Waals surface area contributed by atoms with Gasteiger partial charge in [-0.05, 0) is 35.6 Å². The van der Waals surface area contributed by atoms with E-state index in [9.17, 15) is 13.2 Å². The molecule has 1 heterocycles. The van der Waals surface area contributed by atoms with Gasteiger partial charge in [-0.15, -0.1) is 0 Å². The van der Waals surface area contributed by atoms with E-state index in [0.717, 1.165) is 12.3 Å². The Morgan fingerprint density at radius 1 is 1.50 bits per heavy atom. The summed E-state index contributed by atoms with van der Waals surface area (Å²) in [6.45, 7) is 1.99. The molecule has 0 aromatic carbocycles. The molecule has 0 spiro atoms. The zero-order valence-electron chi connectivity index (χ0n) is 7.23. The van der Waals surface area contributed by atoms with Crippen molar-refractivity contribution in [2.75, 3.05) is 6.61 Å². The van der Waals surface area contributed by atoms with Crippen molar-refractivity contribution in [2.24, 2.45) is 0 Å². The molecule has 0 aliphatic carbocycles. The first-order valence-corrected chi connectivity index (χ1v) is 4.89. The number of hydrogen-bond donors (Lipinski definition) is 0. The van der Waals surface area contributed by atoms with Gasteiger partial charge in [0, 0.05) is 6.20 Å². The second-order valence-corrected chi connectivity index (χ2v) is 3.49. The molecule has 0 aliphatic heterocycles. The van der Waals surface area contributed by atoms with Gasteiger partial charge in [-0.3, -0.25) is 0 Å². The second kappa shape index (κ2) is 4.33. The Balaban J connectivity index is 3.14. The first-order valence-electron chi connectivity index (χ1n) is 3.81. The van der Waals surface area contributed by atoms with Gasteiger partial charge in [0.2, 0.25) is 5.88 Å². The highest BCUT2D eigenvalue weighted by Crippen LogP contribution is 2.35. The summed E-state index contributed by atoms with van der Waals surface area (Å²) < 4.78 is 42.1. The molecule has 6 heteroatoms. The minimum atomic E-state index is -4.36.